The minimum Gasteiger partial charge on any atom is -0.322 e. The van der Waals surface area contributed by atoms with Crippen molar-refractivity contribution in [1.82, 2.24) is 9.13 Å². The summed E-state index contributed by atoms with van der Waals surface area (Å²) in [4.78, 5) is 36.2. The molecule has 0 fully saturated rings. The summed E-state index contributed by atoms with van der Waals surface area (Å²) >= 11 is 0. The lowest BCUT2D eigenvalue weighted by molar-refractivity contribution is 0.102. The summed E-state index contributed by atoms with van der Waals surface area (Å²) in [6, 6.07) is 8.71. The molecule has 6 nitrogen and oxygen atoms in total. The number of halogens is 1. The number of nitrogens with one attached hydrogen (secondary N) is 1. The van der Waals surface area contributed by atoms with Crippen molar-refractivity contribution < 1.29 is 9.18 Å². The summed E-state index contributed by atoms with van der Waals surface area (Å²) < 4.78 is 15.8. The van der Waals surface area contributed by atoms with Gasteiger partial charge in [0, 0.05) is 25.3 Å². The molecule has 3 rings (SSSR count). The fourth-order valence-electron chi connectivity index (χ4n) is 2.68. The Hall–Kier alpha value is -3.22. The standard InChI is InChI=1S/C18H16FN3O3/c1-10-7-14-15(22(3)18(25)17(24)21(14)2)9-13(10)20-16(23)11-5-4-6-12(19)8-11/h4-9H,1-3H3,(H,20,23). The Balaban J connectivity index is 2.12. The monoisotopic (exact) mass is 341 g/mol. The third-order valence-corrected chi connectivity index (χ3v) is 4.17. The van der Waals surface area contributed by atoms with Gasteiger partial charge in [0.1, 0.15) is 5.82 Å². The number of hydrogen-bond donors (Lipinski definition) is 1. The predicted octanol–water partition coefficient (Wildman–Crippen LogP) is 1.94. The summed E-state index contributed by atoms with van der Waals surface area (Å²) in [5, 5.41) is 2.72. The summed E-state index contributed by atoms with van der Waals surface area (Å²) in [7, 11) is 3.02. The highest BCUT2D eigenvalue weighted by Crippen LogP contribution is 2.22. The van der Waals surface area contributed by atoms with Gasteiger partial charge in [0.15, 0.2) is 0 Å². The molecule has 0 saturated carbocycles. The fourth-order valence-corrected chi connectivity index (χ4v) is 2.68. The number of benzene rings is 2. The zero-order valence-electron chi connectivity index (χ0n) is 14.0. The number of aryl methyl sites for hydroxylation is 3. The fraction of sp³-hybridized carbons (Fsp3) is 0.167. The molecular weight excluding hydrogens is 325 g/mol. The molecule has 0 aliphatic rings. The van der Waals surface area contributed by atoms with E-state index in [-0.39, 0.29) is 5.56 Å². The van der Waals surface area contributed by atoms with E-state index in [2.05, 4.69) is 5.32 Å². The van der Waals surface area contributed by atoms with Crippen molar-refractivity contribution in [2.75, 3.05) is 5.32 Å². The van der Waals surface area contributed by atoms with E-state index >= 15 is 0 Å². The van der Waals surface area contributed by atoms with Crippen LogP contribution in [0.2, 0.25) is 0 Å². The molecule has 128 valence electrons. The van der Waals surface area contributed by atoms with E-state index in [1.54, 1.807) is 19.1 Å². The first kappa shape index (κ1) is 16.6. The number of nitrogens with zero attached hydrogens (tertiary/aromatic N) is 2. The molecule has 0 radical (unpaired) electrons. The molecule has 0 unspecified atom stereocenters. The van der Waals surface area contributed by atoms with Crippen LogP contribution in [0.5, 0.6) is 0 Å². The number of amides is 1. The molecule has 0 spiro atoms. The van der Waals surface area contributed by atoms with Crippen molar-refractivity contribution in [2.45, 2.75) is 6.92 Å². The molecule has 2 aromatic carbocycles. The molecule has 0 saturated heterocycles. The van der Waals surface area contributed by atoms with Gasteiger partial charge in [0.25, 0.3) is 5.91 Å². The zero-order chi connectivity index (χ0) is 18.3. The molecule has 3 aromatic rings. The van der Waals surface area contributed by atoms with E-state index in [0.29, 0.717) is 22.3 Å². The molecule has 1 heterocycles. The maximum absolute atomic E-state index is 13.3. The lowest BCUT2D eigenvalue weighted by Crippen LogP contribution is -2.39. The Morgan fingerprint density at radius 3 is 2.20 bits per heavy atom. The van der Waals surface area contributed by atoms with Gasteiger partial charge in [-0.1, -0.05) is 6.07 Å². The van der Waals surface area contributed by atoms with Gasteiger partial charge in [-0.05, 0) is 42.8 Å². The number of hydrogen-bond acceptors (Lipinski definition) is 3. The van der Waals surface area contributed by atoms with Gasteiger partial charge in [-0.15, -0.1) is 0 Å². The van der Waals surface area contributed by atoms with Crippen LogP contribution >= 0.6 is 0 Å². The Morgan fingerprint density at radius 1 is 1.00 bits per heavy atom. The second-order valence-corrected chi connectivity index (χ2v) is 5.85. The van der Waals surface area contributed by atoms with Crippen LogP contribution in [0.1, 0.15) is 15.9 Å². The Morgan fingerprint density at radius 2 is 1.60 bits per heavy atom. The van der Waals surface area contributed by atoms with Crippen LogP contribution in [0.25, 0.3) is 11.0 Å². The average Bonchev–Trinajstić information content (AvgIpc) is 2.59. The molecule has 0 bridgehead atoms. The van der Waals surface area contributed by atoms with E-state index in [4.69, 9.17) is 0 Å². The Kier molecular flexibility index (Phi) is 4.00. The predicted molar refractivity (Wildman–Crippen MR) is 93.5 cm³/mol. The summed E-state index contributed by atoms with van der Waals surface area (Å²) in [6.07, 6.45) is 0. The average molecular weight is 341 g/mol. The van der Waals surface area contributed by atoms with Gasteiger partial charge in [0.05, 0.1) is 11.0 Å². The quantitative estimate of drug-likeness (QED) is 0.724. The van der Waals surface area contributed by atoms with Gasteiger partial charge in [-0.3, -0.25) is 14.4 Å². The van der Waals surface area contributed by atoms with E-state index in [0.717, 1.165) is 6.07 Å². The van der Waals surface area contributed by atoms with Gasteiger partial charge < -0.3 is 14.5 Å². The van der Waals surface area contributed by atoms with Crippen LogP contribution < -0.4 is 16.4 Å². The van der Waals surface area contributed by atoms with Crippen LogP contribution in [0.15, 0.2) is 46.0 Å². The lowest BCUT2D eigenvalue weighted by atomic mass is 10.1. The molecule has 1 aromatic heterocycles. The molecule has 0 atom stereocenters. The minimum atomic E-state index is -0.652. The van der Waals surface area contributed by atoms with E-state index in [1.165, 1.54) is 41.4 Å². The van der Waals surface area contributed by atoms with Crippen molar-refractivity contribution in [3.8, 4) is 0 Å². The normalized spacial score (nSPS) is 10.9. The third-order valence-electron chi connectivity index (χ3n) is 4.17. The van der Waals surface area contributed by atoms with Gasteiger partial charge in [-0.25, -0.2) is 4.39 Å². The van der Waals surface area contributed by atoms with Crippen LogP contribution in [0.4, 0.5) is 10.1 Å². The number of anilines is 1. The Labute approximate surface area is 142 Å². The number of aromatic nitrogens is 2. The maximum atomic E-state index is 13.3. The second-order valence-electron chi connectivity index (χ2n) is 5.85. The van der Waals surface area contributed by atoms with Gasteiger partial charge in [0.2, 0.25) is 0 Å². The SMILES string of the molecule is Cc1cc2c(cc1NC(=O)c1cccc(F)c1)n(C)c(=O)c(=O)n2C. The number of rotatable bonds is 2. The molecule has 25 heavy (non-hydrogen) atoms. The van der Waals surface area contributed by atoms with Crippen molar-refractivity contribution >= 4 is 22.6 Å². The van der Waals surface area contributed by atoms with Crippen molar-refractivity contribution in [2.24, 2.45) is 14.1 Å². The van der Waals surface area contributed by atoms with Crippen LogP contribution in [-0.4, -0.2) is 15.0 Å². The number of carbonyl (C=O) groups excluding carboxylic acids is 1. The van der Waals surface area contributed by atoms with E-state index in [1.807, 2.05) is 0 Å². The highest BCUT2D eigenvalue weighted by Gasteiger charge is 2.13. The molecule has 1 amide bonds. The highest BCUT2D eigenvalue weighted by molar-refractivity contribution is 6.05. The lowest BCUT2D eigenvalue weighted by Gasteiger charge is -2.14. The highest BCUT2D eigenvalue weighted by atomic mass is 19.1. The van der Waals surface area contributed by atoms with Crippen LogP contribution in [0, 0.1) is 12.7 Å². The minimum absolute atomic E-state index is 0.189. The molecular formula is C18H16FN3O3. The van der Waals surface area contributed by atoms with Crippen LogP contribution in [-0.2, 0) is 14.1 Å². The van der Waals surface area contributed by atoms with Crippen LogP contribution in [0.3, 0.4) is 0 Å². The van der Waals surface area contributed by atoms with Crippen molar-refractivity contribution in [3.63, 3.8) is 0 Å². The van der Waals surface area contributed by atoms with Gasteiger partial charge >= 0.3 is 11.1 Å². The van der Waals surface area contributed by atoms with Crippen molar-refractivity contribution in [3.05, 3.63) is 74.0 Å². The largest absolute Gasteiger partial charge is 0.322 e. The first-order valence-corrected chi connectivity index (χ1v) is 7.57. The smallest absolute Gasteiger partial charge is 0.316 e. The number of fused-ring (bicyclic) bond motifs is 1. The molecule has 1 N–H and O–H groups in total. The van der Waals surface area contributed by atoms with Crippen molar-refractivity contribution in [1.29, 1.82) is 0 Å². The second kappa shape index (κ2) is 6.01. The Bertz CT molecular complexity index is 1130. The van der Waals surface area contributed by atoms with Gasteiger partial charge in [-0.2, -0.15) is 0 Å². The summed E-state index contributed by atoms with van der Waals surface area (Å²) in [5.41, 5.74) is 1.20. The third kappa shape index (κ3) is 2.84. The first-order valence-electron chi connectivity index (χ1n) is 7.57. The first-order chi connectivity index (χ1) is 11.8. The number of carbonyl (C=O) groups is 1. The van der Waals surface area contributed by atoms with E-state index in [9.17, 15) is 18.8 Å². The zero-order valence-corrected chi connectivity index (χ0v) is 14.0. The van der Waals surface area contributed by atoms with E-state index < -0.39 is 22.8 Å². The maximum Gasteiger partial charge on any atom is 0.316 e. The summed E-state index contributed by atoms with van der Waals surface area (Å²) in [6.45, 7) is 1.77. The molecule has 0 aliphatic heterocycles. The molecule has 0 aliphatic carbocycles. The topological polar surface area (TPSA) is 73.1 Å². The molecule has 7 heteroatoms. The summed E-state index contributed by atoms with van der Waals surface area (Å²) in [5.74, 6) is -0.961.